The van der Waals surface area contributed by atoms with E-state index in [1.807, 2.05) is 0 Å². The van der Waals surface area contributed by atoms with Gasteiger partial charge in [-0.1, -0.05) is 22.1 Å². The predicted molar refractivity (Wildman–Crippen MR) is 94.5 cm³/mol. The number of nitro groups is 1. The number of hydrogen-bond donors (Lipinski definition) is 1. The van der Waals surface area contributed by atoms with Crippen molar-refractivity contribution in [3.8, 4) is 0 Å². The van der Waals surface area contributed by atoms with Gasteiger partial charge in [0.2, 0.25) is 0 Å². The van der Waals surface area contributed by atoms with Gasteiger partial charge in [0, 0.05) is 24.9 Å². The van der Waals surface area contributed by atoms with Gasteiger partial charge in [-0.2, -0.15) is 0 Å². The zero-order valence-corrected chi connectivity index (χ0v) is 15.2. The Morgan fingerprint density at radius 3 is 2.58 bits per heavy atom. The van der Waals surface area contributed by atoms with E-state index >= 15 is 0 Å². The number of benzene rings is 2. The van der Waals surface area contributed by atoms with E-state index in [4.69, 9.17) is 11.6 Å². The molecule has 0 aliphatic heterocycles. The third kappa shape index (κ3) is 4.17. The Morgan fingerprint density at radius 2 is 1.96 bits per heavy atom. The molecule has 9 nitrogen and oxygen atoms in total. The molecule has 0 atom stereocenters. The van der Waals surface area contributed by atoms with Crippen molar-refractivity contribution in [2.45, 2.75) is 4.90 Å². The van der Waals surface area contributed by atoms with Crippen LogP contribution in [0.4, 0.5) is 11.4 Å². The quantitative estimate of drug-likeness (QED) is 0.589. The number of anilines is 1. The second-order valence-corrected chi connectivity index (χ2v) is 7.34. The first-order valence-electron chi connectivity index (χ1n) is 7.05. The molecular formula is C15H14ClN3O6S. The SMILES string of the molecule is CON(C)S(=O)(=O)c1ccc(Cl)c(C(=O)Nc2cccc([N+](=O)[O-])c2)c1. The summed E-state index contributed by atoms with van der Waals surface area (Å²) in [6, 6.07) is 8.90. The van der Waals surface area contributed by atoms with E-state index in [0.29, 0.717) is 4.47 Å². The lowest BCUT2D eigenvalue weighted by Crippen LogP contribution is -2.26. The van der Waals surface area contributed by atoms with Gasteiger partial charge in [-0.05, 0) is 24.3 Å². The number of hydrogen-bond acceptors (Lipinski definition) is 6. The number of carbonyl (C=O) groups excluding carboxylic acids is 1. The van der Waals surface area contributed by atoms with E-state index in [9.17, 15) is 23.3 Å². The number of rotatable bonds is 6. The molecule has 1 N–H and O–H groups in total. The number of sulfonamides is 1. The van der Waals surface area contributed by atoms with E-state index in [0.717, 1.165) is 6.07 Å². The number of halogens is 1. The summed E-state index contributed by atoms with van der Waals surface area (Å²) < 4.78 is 25.2. The Labute approximate surface area is 154 Å². The van der Waals surface area contributed by atoms with Crippen molar-refractivity contribution in [3.05, 3.63) is 63.2 Å². The summed E-state index contributed by atoms with van der Waals surface area (Å²) in [5.41, 5.74) is -0.141. The van der Waals surface area contributed by atoms with Crippen molar-refractivity contribution in [2.75, 3.05) is 19.5 Å². The first-order chi connectivity index (χ1) is 12.2. The smallest absolute Gasteiger partial charge is 0.271 e. The zero-order valence-electron chi connectivity index (χ0n) is 13.7. The summed E-state index contributed by atoms with van der Waals surface area (Å²) in [5.74, 6) is -0.715. The predicted octanol–water partition coefficient (Wildman–Crippen LogP) is 2.68. The summed E-state index contributed by atoms with van der Waals surface area (Å²) in [7, 11) is -1.58. The van der Waals surface area contributed by atoms with Crippen LogP contribution in [-0.2, 0) is 14.9 Å². The van der Waals surface area contributed by atoms with Gasteiger partial charge in [0.25, 0.3) is 21.6 Å². The highest BCUT2D eigenvalue weighted by atomic mass is 35.5. The van der Waals surface area contributed by atoms with Crippen molar-refractivity contribution in [1.82, 2.24) is 4.47 Å². The van der Waals surface area contributed by atoms with Gasteiger partial charge < -0.3 is 5.32 Å². The molecule has 11 heteroatoms. The Hall–Kier alpha value is -2.53. The van der Waals surface area contributed by atoms with E-state index in [1.54, 1.807) is 0 Å². The number of carbonyl (C=O) groups is 1. The van der Waals surface area contributed by atoms with Crippen molar-refractivity contribution >= 4 is 38.9 Å². The second-order valence-electron chi connectivity index (χ2n) is 5.00. The van der Waals surface area contributed by atoms with Crippen LogP contribution in [0.2, 0.25) is 5.02 Å². The maximum Gasteiger partial charge on any atom is 0.271 e. The molecule has 2 aromatic rings. The highest BCUT2D eigenvalue weighted by Gasteiger charge is 2.23. The molecule has 0 aromatic heterocycles. The number of nitrogens with one attached hydrogen (secondary N) is 1. The van der Waals surface area contributed by atoms with Crippen LogP contribution in [-0.4, -0.2) is 37.9 Å². The summed E-state index contributed by atoms with van der Waals surface area (Å²) in [6.45, 7) is 0. The lowest BCUT2D eigenvalue weighted by molar-refractivity contribution is -0.384. The van der Waals surface area contributed by atoms with E-state index < -0.39 is 20.9 Å². The molecule has 0 spiro atoms. The number of non-ortho nitro benzene ring substituents is 1. The first-order valence-corrected chi connectivity index (χ1v) is 8.87. The van der Waals surface area contributed by atoms with Crippen LogP contribution in [0.3, 0.4) is 0 Å². The summed E-state index contributed by atoms with van der Waals surface area (Å²) in [6.07, 6.45) is 0. The van der Waals surface area contributed by atoms with Crippen LogP contribution in [0.25, 0.3) is 0 Å². The molecule has 2 aromatic carbocycles. The first kappa shape index (κ1) is 19.8. The molecule has 1 amide bonds. The van der Waals surface area contributed by atoms with Crippen LogP contribution in [0, 0.1) is 10.1 Å². The van der Waals surface area contributed by atoms with Crippen LogP contribution in [0.5, 0.6) is 0 Å². The number of nitro benzene ring substituents is 1. The van der Waals surface area contributed by atoms with Crippen LogP contribution < -0.4 is 5.32 Å². The molecule has 0 fully saturated rings. The molecule has 0 aliphatic rings. The fraction of sp³-hybridized carbons (Fsp3) is 0.133. The topological polar surface area (TPSA) is 119 Å². The zero-order chi connectivity index (χ0) is 19.5. The number of nitrogens with zero attached hydrogens (tertiary/aromatic N) is 2. The summed E-state index contributed by atoms with van der Waals surface area (Å²) >= 11 is 5.99. The average Bonchev–Trinajstić information content (AvgIpc) is 2.61. The molecule has 26 heavy (non-hydrogen) atoms. The third-order valence-corrected chi connectivity index (χ3v) is 5.40. The maximum atomic E-state index is 12.4. The molecule has 0 saturated carbocycles. The highest BCUT2D eigenvalue weighted by molar-refractivity contribution is 7.89. The van der Waals surface area contributed by atoms with Gasteiger partial charge in [-0.15, -0.1) is 0 Å². The minimum atomic E-state index is -3.97. The number of hydroxylamine groups is 1. The number of amides is 1. The molecule has 0 heterocycles. The third-order valence-electron chi connectivity index (χ3n) is 3.39. The Morgan fingerprint density at radius 1 is 1.27 bits per heavy atom. The van der Waals surface area contributed by atoms with Crippen molar-refractivity contribution < 1.29 is 23.0 Å². The second kappa shape index (κ2) is 7.79. The molecule has 0 aliphatic carbocycles. The summed E-state index contributed by atoms with van der Waals surface area (Å²) in [4.78, 5) is 27.1. The molecule has 0 unspecified atom stereocenters. The fourth-order valence-corrected chi connectivity index (χ4v) is 3.18. The molecule has 138 valence electrons. The minimum Gasteiger partial charge on any atom is -0.322 e. The van der Waals surface area contributed by atoms with Crippen molar-refractivity contribution in [2.24, 2.45) is 0 Å². The average molecular weight is 400 g/mol. The lowest BCUT2D eigenvalue weighted by atomic mass is 10.2. The van der Waals surface area contributed by atoms with Crippen molar-refractivity contribution in [1.29, 1.82) is 0 Å². The van der Waals surface area contributed by atoms with Crippen LogP contribution in [0.1, 0.15) is 10.4 Å². The molecule has 0 saturated heterocycles. The van der Waals surface area contributed by atoms with E-state index in [1.165, 1.54) is 50.6 Å². The molecule has 0 bridgehead atoms. The monoisotopic (exact) mass is 399 g/mol. The standard InChI is InChI=1S/C15H14ClN3O6S/c1-18(25-2)26(23,24)12-6-7-14(16)13(9-12)15(20)17-10-4-3-5-11(8-10)19(21)22/h3-9H,1-2H3,(H,17,20). The van der Waals surface area contributed by atoms with E-state index in [-0.39, 0.29) is 26.9 Å². The van der Waals surface area contributed by atoms with Gasteiger partial charge >= 0.3 is 0 Å². The Bertz CT molecular complexity index is 964. The molecule has 2 rings (SSSR count). The van der Waals surface area contributed by atoms with Gasteiger partial charge in [-0.25, -0.2) is 8.42 Å². The van der Waals surface area contributed by atoms with Crippen LogP contribution in [0.15, 0.2) is 47.4 Å². The van der Waals surface area contributed by atoms with Crippen LogP contribution >= 0.6 is 11.6 Å². The van der Waals surface area contributed by atoms with Gasteiger partial charge in [0.1, 0.15) is 0 Å². The van der Waals surface area contributed by atoms with Gasteiger partial charge in [0.05, 0.1) is 27.5 Å². The molecular weight excluding hydrogens is 386 g/mol. The van der Waals surface area contributed by atoms with Gasteiger partial charge in [0.15, 0.2) is 0 Å². The lowest BCUT2D eigenvalue weighted by Gasteiger charge is -2.15. The largest absolute Gasteiger partial charge is 0.322 e. The molecule has 0 radical (unpaired) electrons. The van der Waals surface area contributed by atoms with Gasteiger partial charge in [-0.3, -0.25) is 19.7 Å². The highest BCUT2D eigenvalue weighted by Crippen LogP contribution is 2.24. The van der Waals surface area contributed by atoms with E-state index in [2.05, 4.69) is 10.2 Å². The Balaban J connectivity index is 2.36. The minimum absolute atomic E-state index is 0.0203. The maximum absolute atomic E-state index is 12.4. The summed E-state index contributed by atoms with van der Waals surface area (Å²) in [5, 5.41) is 13.3. The normalized spacial score (nSPS) is 11.4. The Kier molecular flexibility index (Phi) is 5.93. The fourth-order valence-electron chi connectivity index (χ4n) is 1.98. The van der Waals surface area contributed by atoms with Crippen molar-refractivity contribution in [3.63, 3.8) is 0 Å².